The number of hydrogen-bond acceptors (Lipinski definition) is 1. The molecule has 0 heterocycles. The molecule has 1 N–H and O–H groups in total. The van der Waals surface area contributed by atoms with Gasteiger partial charge in [-0.2, -0.15) is 0 Å². The Balaban J connectivity index is 2.45. The van der Waals surface area contributed by atoms with E-state index in [1.54, 1.807) is 0 Å². The fourth-order valence-electron chi connectivity index (χ4n) is 2.34. The van der Waals surface area contributed by atoms with Crippen LogP contribution in [0.15, 0.2) is 30.3 Å². The van der Waals surface area contributed by atoms with Crippen molar-refractivity contribution in [3.63, 3.8) is 0 Å². The predicted octanol–water partition coefficient (Wildman–Crippen LogP) is 4.45. The monoisotopic (exact) mass is 228 g/mol. The lowest BCUT2D eigenvalue weighted by Crippen LogP contribution is -1.88. The van der Waals surface area contributed by atoms with Gasteiger partial charge in [-0.1, -0.05) is 44.5 Å². The van der Waals surface area contributed by atoms with E-state index in [4.69, 9.17) is 0 Å². The summed E-state index contributed by atoms with van der Waals surface area (Å²) in [7, 11) is 0. The molecular weight excluding hydrogens is 208 g/mol. The number of benzene rings is 2. The largest absolute Gasteiger partial charge is 0.508 e. The summed E-state index contributed by atoms with van der Waals surface area (Å²) < 4.78 is 0. The van der Waals surface area contributed by atoms with Crippen molar-refractivity contribution < 1.29 is 5.11 Å². The molecule has 0 aliphatic carbocycles. The quantitative estimate of drug-likeness (QED) is 0.819. The molecule has 0 aromatic heterocycles. The zero-order valence-corrected chi connectivity index (χ0v) is 10.7. The summed E-state index contributed by atoms with van der Waals surface area (Å²) in [5.74, 6) is 0.418. The summed E-state index contributed by atoms with van der Waals surface area (Å²) in [5.41, 5.74) is 2.46. The summed E-state index contributed by atoms with van der Waals surface area (Å²) in [6, 6.07) is 10.4. The van der Waals surface area contributed by atoms with Crippen molar-refractivity contribution in [3.05, 3.63) is 41.5 Å². The summed E-state index contributed by atoms with van der Waals surface area (Å²) in [5, 5.41) is 12.3. The lowest BCUT2D eigenvalue weighted by Gasteiger charge is -2.09. The SMILES string of the molecule is CCCCc1ccc2c(CC)c(O)ccc2c1. The van der Waals surface area contributed by atoms with E-state index >= 15 is 0 Å². The molecule has 0 unspecified atom stereocenters. The van der Waals surface area contributed by atoms with Crippen LogP contribution in [0.2, 0.25) is 0 Å². The third-order valence-electron chi connectivity index (χ3n) is 3.34. The van der Waals surface area contributed by atoms with Gasteiger partial charge in [0, 0.05) is 5.56 Å². The van der Waals surface area contributed by atoms with Crippen molar-refractivity contribution in [2.24, 2.45) is 0 Å². The molecule has 0 aliphatic rings. The molecule has 0 atom stereocenters. The Morgan fingerprint density at radius 3 is 2.59 bits per heavy atom. The molecule has 0 spiro atoms. The predicted molar refractivity (Wildman–Crippen MR) is 73.6 cm³/mol. The van der Waals surface area contributed by atoms with Gasteiger partial charge in [-0.3, -0.25) is 0 Å². The number of unbranched alkanes of at least 4 members (excludes halogenated alkanes) is 1. The molecule has 0 bridgehead atoms. The number of aryl methyl sites for hydroxylation is 2. The second-order valence-corrected chi connectivity index (χ2v) is 4.58. The molecule has 1 heteroatoms. The Morgan fingerprint density at radius 1 is 1.06 bits per heavy atom. The summed E-state index contributed by atoms with van der Waals surface area (Å²) in [4.78, 5) is 0. The van der Waals surface area contributed by atoms with Crippen molar-refractivity contribution in [3.8, 4) is 5.75 Å². The molecule has 0 amide bonds. The van der Waals surface area contributed by atoms with Crippen molar-refractivity contribution in [1.29, 1.82) is 0 Å². The molecule has 2 rings (SSSR count). The third-order valence-corrected chi connectivity index (χ3v) is 3.34. The summed E-state index contributed by atoms with van der Waals surface area (Å²) >= 11 is 0. The Bertz CT molecular complexity index is 514. The fraction of sp³-hybridized carbons (Fsp3) is 0.375. The normalized spacial score (nSPS) is 10.9. The minimum atomic E-state index is 0.418. The molecular formula is C16H20O. The lowest BCUT2D eigenvalue weighted by molar-refractivity contribution is 0.470. The first-order valence-electron chi connectivity index (χ1n) is 6.49. The average Bonchev–Trinajstić information content (AvgIpc) is 2.36. The van der Waals surface area contributed by atoms with Crippen molar-refractivity contribution in [1.82, 2.24) is 0 Å². The molecule has 0 radical (unpaired) electrons. The van der Waals surface area contributed by atoms with Crippen molar-refractivity contribution in [2.75, 3.05) is 0 Å². The standard InChI is InChI=1S/C16H20O/c1-3-5-6-12-7-9-15-13(11-12)8-10-16(17)14(15)4-2/h7-11,17H,3-6H2,1-2H3. The Morgan fingerprint density at radius 2 is 1.88 bits per heavy atom. The van der Waals surface area contributed by atoms with Crippen LogP contribution in [-0.2, 0) is 12.8 Å². The highest BCUT2D eigenvalue weighted by atomic mass is 16.3. The van der Waals surface area contributed by atoms with Gasteiger partial charge in [0.25, 0.3) is 0 Å². The maximum atomic E-state index is 9.82. The molecule has 0 aliphatic heterocycles. The van der Waals surface area contributed by atoms with Gasteiger partial charge in [-0.15, -0.1) is 0 Å². The van der Waals surface area contributed by atoms with E-state index in [2.05, 4.69) is 32.0 Å². The first-order valence-corrected chi connectivity index (χ1v) is 6.49. The van der Waals surface area contributed by atoms with Crippen molar-refractivity contribution >= 4 is 10.8 Å². The number of phenols is 1. The van der Waals surface area contributed by atoms with Crippen LogP contribution in [0.1, 0.15) is 37.8 Å². The Kier molecular flexibility index (Phi) is 3.68. The molecule has 90 valence electrons. The van der Waals surface area contributed by atoms with Gasteiger partial charge in [0.1, 0.15) is 5.75 Å². The molecule has 0 saturated heterocycles. The summed E-state index contributed by atoms with van der Waals surface area (Å²) in [6.45, 7) is 4.30. The highest BCUT2D eigenvalue weighted by molar-refractivity contribution is 5.88. The van der Waals surface area contributed by atoms with Crippen molar-refractivity contribution in [2.45, 2.75) is 39.5 Å². The van der Waals surface area contributed by atoms with E-state index in [1.165, 1.54) is 29.2 Å². The topological polar surface area (TPSA) is 20.2 Å². The fourth-order valence-corrected chi connectivity index (χ4v) is 2.34. The minimum absolute atomic E-state index is 0.418. The molecule has 0 fully saturated rings. The van der Waals surface area contributed by atoms with Gasteiger partial charge in [0.2, 0.25) is 0 Å². The first kappa shape index (κ1) is 12.0. The zero-order chi connectivity index (χ0) is 12.3. The van der Waals surface area contributed by atoms with E-state index in [0.717, 1.165) is 18.4 Å². The summed E-state index contributed by atoms with van der Waals surface area (Å²) in [6.07, 6.45) is 4.49. The number of aromatic hydroxyl groups is 1. The number of fused-ring (bicyclic) bond motifs is 1. The molecule has 17 heavy (non-hydrogen) atoms. The number of phenolic OH excluding ortho intramolecular Hbond substituents is 1. The van der Waals surface area contributed by atoms with E-state index in [-0.39, 0.29) is 0 Å². The van der Waals surface area contributed by atoms with Crippen LogP contribution in [0.3, 0.4) is 0 Å². The molecule has 2 aromatic carbocycles. The van der Waals surface area contributed by atoms with Crippen LogP contribution in [0, 0.1) is 0 Å². The van der Waals surface area contributed by atoms with E-state index in [1.807, 2.05) is 12.1 Å². The second kappa shape index (κ2) is 5.22. The lowest BCUT2D eigenvalue weighted by atomic mass is 9.98. The zero-order valence-electron chi connectivity index (χ0n) is 10.7. The van der Waals surface area contributed by atoms with Gasteiger partial charge in [-0.05, 0) is 41.7 Å². The first-order chi connectivity index (χ1) is 8.26. The maximum Gasteiger partial charge on any atom is 0.119 e. The van der Waals surface area contributed by atoms with Gasteiger partial charge in [-0.25, -0.2) is 0 Å². The average molecular weight is 228 g/mol. The van der Waals surface area contributed by atoms with Crippen LogP contribution in [0.5, 0.6) is 5.75 Å². The van der Waals surface area contributed by atoms with E-state index in [0.29, 0.717) is 5.75 Å². The number of hydrogen-bond donors (Lipinski definition) is 1. The Labute approximate surface area is 103 Å². The van der Waals surface area contributed by atoms with Crippen LogP contribution < -0.4 is 0 Å². The van der Waals surface area contributed by atoms with Gasteiger partial charge >= 0.3 is 0 Å². The van der Waals surface area contributed by atoms with E-state index in [9.17, 15) is 5.11 Å². The highest BCUT2D eigenvalue weighted by Crippen LogP contribution is 2.28. The number of rotatable bonds is 4. The maximum absolute atomic E-state index is 9.82. The van der Waals surface area contributed by atoms with Crippen LogP contribution in [0.4, 0.5) is 0 Å². The van der Waals surface area contributed by atoms with Gasteiger partial charge in [0.15, 0.2) is 0 Å². The van der Waals surface area contributed by atoms with Crippen LogP contribution in [-0.4, -0.2) is 5.11 Å². The smallest absolute Gasteiger partial charge is 0.119 e. The molecule has 0 saturated carbocycles. The van der Waals surface area contributed by atoms with Crippen LogP contribution >= 0.6 is 0 Å². The third kappa shape index (κ3) is 2.44. The molecule has 1 nitrogen and oxygen atoms in total. The van der Waals surface area contributed by atoms with Gasteiger partial charge < -0.3 is 5.11 Å². The van der Waals surface area contributed by atoms with Crippen LogP contribution in [0.25, 0.3) is 10.8 Å². The van der Waals surface area contributed by atoms with Gasteiger partial charge in [0.05, 0.1) is 0 Å². The molecule has 2 aromatic rings. The minimum Gasteiger partial charge on any atom is -0.508 e. The van der Waals surface area contributed by atoms with E-state index < -0.39 is 0 Å². The second-order valence-electron chi connectivity index (χ2n) is 4.58. The highest BCUT2D eigenvalue weighted by Gasteiger charge is 2.05. The Hall–Kier alpha value is -1.50.